The second kappa shape index (κ2) is 5.51. The van der Waals surface area contributed by atoms with Crippen molar-refractivity contribution in [3.8, 4) is 0 Å². The van der Waals surface area contributed by atoms with Crippen LogP contribution in [-0.4, -0.2) is 27.4 Å². The molecule has 0 radical (unpaired) electrons. The lowest BCUT2D eigenvalue weighted by Crippen LogP contribution is -2.27. The van der Waals surface area contributed by atoms with Crippen molar-refractivity contribution < 1.29 is 4.79 Å². The fourth-order valence-corrected chi connectivity index (χ4v) is 2.22. The predicted octanol–water partition coefficient (Wildman–Crippen LogP) is 2.30. The van der Waals surface area contributed by atoms with Gasteiger partial charge in [0, 0.05) is 35.6 Å². The first-order chi connectivity index (χ1) is 8.58. The number of benzene rings is 1. The van der Waals surface area contributed by atoms with E-state index in [1.807, 2.05) is 42.1 Å². The maximum atomic E-state index is 12.2. The SMILES string of the molecule is CN(Cc1nccn1C)C(=O)c1cccc(I)c1. The molecule has 0 aliphatic rings. The fourth-order valence-electron chi connectivity index (χ4n) is 1.67. The maximum Gasteiger partial charge on any atom is 0.254 e. The van der Waals surface area contributed by atoms with E-state index in [2.05, 4.69) is 27.6 Å². The Morgan fingerprint density at radius 3 is 2.89 bits per heavy atom. The predicted molar refractivity (Wildman–Crippen MR) is 78.2 cm³/mol. The highest BCUT2D eigenvalue weighted by Crippen LogP contribution is 2.11. The monoisotopic (exact) mass is 355 g/mol. The smallest absolute Gasteiger partial charge is 0.254 e. The molecule has 1 amide bonds. The van der Waals surface area contributed by atoms with Crippen molar-refractivity contribution in [2.45, 2.75) is 6.54 Å². The normalized spacial score (nSPS) is 10.4. The second-order valence-electron chi connectivity index (χ2n) is 4.13. The van der Waals surface area contributed by atoms with Gasteiger partial charge >= 0.3 is 0 Å². The molecule has 0 N–H and O–H groups in total. The molecule has 0 bridgehead atoms. The molecule has 1 aromatic carbocycles. The number of aromatic nitrogens is 2. The van der Waals surface area contributed by atoms with Crippen molar-refractivity contribution in [2.24, 2.45) is 7.05 Å². The van der Waals surface area contributed by atoms with Gasteiger partial charge in [-0.2, -0.15) is 0 Å². The van der Waals surface area contributed by atoms with Crippen LogP contribution in [0.5, 0.6) is 0 Å². The lowest BCUT2D eigenvalue weighted by atomic mass is 10.2. The molecule has 94 valence electrons. The summed E-state index contributed by atoms with van der Waals surface area (Å²) in [6, 6.07) is 7.58. The van der Waals surface area contributed by atoms with Gasteiger partial charge in [0.1, 0.15) is 5.82 Å². The molecule has 1 heterocycles. The van der Waals surface area contributed by atoms with E-state index in [1.165, 1.54) is 0 Å². The summed E-state index contributed by atoms with van der Waals surface area (Å²) in [4.78, 5) is 18.1. The number of halogens is 1. The van der Waals surface area contributed by atoms with Gasteiger partial charge < -0.3 is 9.47 Å². The van der Waals surface area contributed by atoms with Crippen LogP contribution in [-0.2, 0) is 13.6 Å². The highest BCUT2D eigenvalue weighted by Gasteiger charge is 2.13. The van der Waals surface area contributed by atoms with Gasteiger partial charge in [-0.05, 0) is 40.8 Å². The highest BCUT2D eigenvalue weighted by atomic mass is 127. The summed E-state index contributed by atoms with van der Waals surface area (Å²) in [5, 5.41) is 0. The van der Waals surface area contributed by atoms with Crippen molar-refractivity contribution in [1.82, 2.24) is 14.5 Å². The number of carbonyl (C=O) groups is 1. The third-order valence-corrected chi connectivity index (χ3v) is 3.39. The molecular formula is C13H14IN3O. The standard InChI is InChI=1S/C13H14IN3O/c1-16-7-6-15-12(16)9-17(2)13(18)10-4-3-5-11(14)8-10/h3-8H,9H2,1-2H3. The molecule has 5 heteroatoms. The van der Waals surface area contributed by atoms with Crippen LogP contribution in [0.25, 0.3) is 0 Å². The maximum absolute atomic E-state index is 12.2. The molecule has 0 aliphatic heterocycles. The second-order valence-corrected chi connectivity index (χ2v) is 5.37. The summed E-state index contributed by atoms with van der Waals surface area (Å²) in [6.07, 6.45) is 3.61. The Labute approximate surface area is 120 Å². The van der Waals surface area contributed by atoms with Crippen LogP contribution in [0, 0.1) is 3.57 Å². The Morgan fingerprint density at radius 1 is 1.50 bits per heavy atom. The summed E-state index contributed by atoms with van der Waals surface area (Å²) >= 11 is 2.20. The molecule has 2 rings (SSSR count). The first kappa shape index (κ1) is 13.1. The zero-order valence-corrected chi connectivity index (χ0v) is 12.5. The lowest BCUT2D eigenvalue weighted by molar-refractivity contribution is 0.0780. The van der Waals surface area contributed by atoms with Crippen LogP contribution >= 0.6 is 22.6 Å². The lowest BCUT2D eigenvalue weighted by Gasteiger charge is -2.17. The van der Waals surface area contributed by atoms with Gasteiger partial charge in [-0.1, -0.05) is 6.07 Å². The van der Waals surface area contributed by atoms with E-state index < -0.39 is 0 Å². The van der Waals surface area contributed by atoms with Crippen LogP contribution in [0.1, 0.15) is 16.2 Å². The minimum atomic E-state index is 0.0107. The quantitative estimate of drug-likeness (QED) is 0.793. The van der Waals surface area contributed by atoms with Crippen LogP contribution in [0.15, 0.2) is 36.7 Å². The number of amides is 1. The van der Waals surface area contributed by atoms with Gasteiger partial charge in [-0.15, -0.1) is 0 Å². The van der Waals surface area contributed by atoms with E-state index in [4.69, 9.17) is 0 Å². The molecule has 0 saturated carbocycles. The van der Waals surface area contributed by atoms with Gasteiger partial charge in [0.15, 0.2) is 0 Å². The minimum absolute atomic E-state index is 0.0107. The summed E-state index contributed by atoms with van der Waals surface area (Å²) in [5.74, 6) is 0.882. The number of rotatable bonds is 3. The number of hydrogen-bond donors (Lipinski definition) is 0. The molecule has 0 spiro atoms. The first-order valence-electron chi connectivity index (χ1n) is 5.55. The van der Waals surface area contributed by atoms with Crippen LogP contribution < -0.4 is 0 Å². The van der Waals surface area contributed by atoms with Crippen molar-refractivity contribution in [3.63, 3.8) is 0 Å². The summed E-state index contributed by atoms with van der Waals surface area (Å²) < 4.78 is 2.97. The molecule has 0 aliphatic carbocycles. The Hall–Kier alpha value is -1.37. The van der Waals surface area contributed by atoms with E-state index in [0.717, 1.165) is 9.39 Å². The van der Waals surface area contributed by atoms with Gasteiger partial charge in [0.05, 0.1) is 6.54 Å². The molecule has 1 aromatic heterocycles. The van der Waals surface area contributed by atoms with Crippen molar-refractivity contribution in [3.05, 3.63) is 51.6 Å². The Kier molecular flexibility index (Phi) is 4.00. The molecule has 18 heavy (non-hydrogen) atoms. The van der Waals surface area contributed by atoms with E-state index in [9.17, 15) is 4.79 Å². The largest absolute Gasteiger partial charge is 0.337 e. The fraction of sp³-hybridized carbons (Fsp3) is 0.231. The average Bonchev–Trinajstić information content (AvgIpc) is 2.74. The number of carbonyl (C=O) groups excluding carboxylic acids is 1. The number of nitrogens with zero attached hydrogens (tertiary/aromatic N) is 3. The molecule has 2 aromatic rings. The molecule has 0 saturated heterocycles. The van der Waals surface area contributed by atoms with Gasteiger partial charge in [-0.3, -0.25) is 4.79 Å². The third kappa shape index (κ3) is 2.90. The topological polar surface area (TPSA) is 38.1 Å². The minimum Gasteiger partial charge on any atom is -0.337 e. The van der Waals surface area contributed by atoms with Crippen molar-refractivity contribution >= 4 is 28.5 Å². The average molecular weight is 355 g/mol. The van der Waals surface area contributed by atoms with Gasteiger partial charge in [0.25, 0.3) is 5.91 Å². The highest BCUT2D eigenvalue weighted by molar-refractivity contribution is 14.1. The van der Waals surface area contributed by atoms with Crippen LogP contribution in [0.3, 0.4) is 0 Å². The Morgan fingerprint density at radius 2 is 2.28 bits per heavy atom. The molecule has 4 nitrogen and oxygen atoms in total. The molecule has 0 atom stereocenters. The Bertz CT molecular complexity index is 565. The van der Waals surface area contributed by atoms with Crippen LogP contribution in [0.4, 0.5) is 0 Å². The number of imidazole rings is 1. The summed E-state index contributed by atoms with van der Waals surface area (Å²) in [7, 11) is 3.71. The van der Waals surface area contributed by atoms with Gasteiger partial charge in [-0.25, -0.2) is 4.98 Å². The van der Waals surface area contributed by atoms with Crippen molar-refractivity contribution in [2.75, 3.05) is 7.05 Å². The van der Waals surface area contributed by atoms with E-state index in [-0.39, 0.29) is 5.91 Å². The van der Waals surface area contributed by atoms with Crippen LogP contribution in [0.2, 0.25) is 0 Å². The molecular weight excluding hydrogens is 341 g/mol. The third-order valence-electron chi connectivity index (χ3n) is 2.72. The molecule has 0 unspecified atom stereocenters. The summed E-state index contributed by atoms with van der Waals surface area (Å²) in [5.41, 5.74) is 0.707. The van der Waals surface area contributed by atoms with Gasteiger partial charge in [0.2, 0.25) is 0 Å². The van der Waals surface area contributed by atoms with Crippen molar-refractivity contribution in [1.29, 1.82) is 0 Å². The first-order valence-corrected chi connectivity index (χ1v) is 6.63. The van der Waals surface area contributed by atoms with E-state index in [0.29, 0.717) is 12.1 Å². The zero-order valence-electron chi connectivity index (χ0n) is 10.3. The Balaban J connectivity index is 2.12. The van der Waals surface area contributed by atoms with E-state index >= 15 is 0 Å². The number of aryl methyl sites for hydroxylation is 1. The number of hydrogen-bond acceptors (Lipinski definition) is 2. The summed E-state index contributed by atoms with van der Waals surface area (Å²) in [6.45, 7) is 0.508. The molecule has 0 fully saturated rings. The zero-order chi connectivity index (χ0) is 13.1. The van der Waals surface area contributed by atoms with E-state index in [1.54, 1.807) is 18.1 Å².